The Morgan fingerprint density at radius 3 is 2.42 bits per heavy atom. The molecular weight excluding hydrogens is 282 g/mol. The summed E-state index contributed by atoms with van der Waals surface area (Å²) in [5.41, 5.74) is 0.170. The number of carbonyl (C=O) groups is 1. The summed E-state index contributed by atoms with van der Waals surface area (Å²) < 4.78 is 23.1. The van der Waals surface area contributed by atoms with Crippen LogP contribution in [0.1, 0.15) is 42.5 Å². The smallest absolute Gasteiger partial charge is 0.252 e. The Labute approximate surface area is 118 Å². The fourth-order valence-electron chi connectivity index (χ4n) is 2.39. The predicted molar refractivity (Wildman–Crippen MR) is 77.0 cm³/mol. The lowest BCUT2D eigenvalue weighted by Gasteiger charge is -2.23. The minimum atomic E-state index is -3.69. The third-order valence-electron chi connectivity index (χ3n) is 3.35. The fraction of sp³-hybridized carbons (Fsp3) is 0.462. The molecule has 0 aliphatic heterocycles. The van der Waals surface area contributed by atoms with Gasteiger partial charge < -0.3 is 5.32 Å². The van der Waals surface area contributed by atoms with Crippen LogP contribution in [0.15, 0.2) is 29.2 Å². The van der Waals surface area contributed by atoms with E-state index in [0.29, 0.717) is 0 Å². The minimum Gasteiger partial charge on any atom is -0.349 e. The van der Waals surface area contributed by atoms with Crippen molar-refractivity contribution >= 4 is 26.4 Å². The average Bonchev–Trinajstić information content (AvgIpc) is 2.39. The minimum absolute atomic E-state index is 0.0355. The lowest BCUT2D eigenvalue weighted by molar-refractivity contribution is 0.0924. The third-order valence-corrected chi connectivity index (χ3v) is 4.85. The van der Waals surface area contributed by atoms with Gasteiger partial charge in [-0.05, 0) is 36.6 Å². The molecule has 1 aliphatic carbocycles. The highest BCUT2D eigenvalue weighted by molar-refractivity contribution is 8.63. The van der Waals surface area contributed by atoms with Gasteiger partial charge in [-0.15, -0.1) is 0 Å². The van der Waals surface area contributed by atoms with Gasteiger partial charge in [0.2, 0.25) is 8.87 Å². The zero-order chi connectivity index (χ0) is 13.9. The van der Waals surface area contributed by atoms with E-state index in [1.54, 1.807) is 12.1 Å². The number of hydrogen-bond acceptors (Lipinski definition) is 3. The highest BCUT2D eigenvalue weighted by atomic mass is 33.1. The topological polar surface area (TPSA) is 63.2 Å². The zero-order valence-electron chi connectivity index (χ0n) is 10.5. The molecule has 1 aliphatic rings. The number of benzene rings is 1. The summed E-state index contributed by atoms with van der Waals surface area (Å²) in [4.78, 5) is 12.1. The second kappa shape index (κ2) is 5.96. The first-order valence-electron chi connectivity index (χ1n) is 6.36. The summed E-state index contributed by atoms with van der Waals surface area (Å²) >= 11 is 3.57. The van der Waals surface area contributed by atoms with Crippen LogP contribution in [0.5, 0.6) is 0 Å². The molecule has 104 valence electrons. The molecule has 0 aromatic heterocycles. The van der Waals surface area contributed by atoms with Gasteiger partial charge in [0.15, 0.2) is 0 Å². The van der Waals surface area contributed by atoms with E-state index in [1.807, 2.05) is 0 Å². The van der Waals surface area contributed by atoms with Crippen molar-refractivity contribution in [1.29, 1.82) is 0 Å². The molecule has 4 nitrogen and oxygen atoms in total. The van der Waals surface area contributed by atoms with Gasteiger partial charge in [0.1, 0.15) is 0 Å². The van der Waals surface area contributed by atoms with Gasteiger partial charge in [-0.2, -0.15) is 0 Å². The quantitative estimate of drug-likeness (QED) is 0.665. The Hall–Kier alpha value is -1.01. The van der Waals surface area contributed by atoms with Gasteiger partial charge in [-0.3, -0.25) is 4.79 Å². The standard InChI is InChI=1S/C13H17NO3S2/c15-13(14-10-6-2-1-3-7-10)11-8-4-5-9-12(11)19(16,17)18/h4-5,8-10H,1-3,6-7H2,(H,14,15)(H,16,17,18). The molecule has 1 fully saturated rings. The number of hydrogen-bond donors (Lipinski definition) is 2. The van der Waals surface area contributed by atoms with Crippen LogP contribution in [0.3, 0.4) is 0 Å². The Bertz CT molecular complexity index is 563. The van der Waals surface area contributed by atoms with Crippen molar-refractivity contribution in [3.8, 4) is 0 Å². The zero-order valence-corrected chi connectivity index (χ0v) is 12.2. The van der Waals surface area contributed by atoms with Crippen molar-refractivity contribution in [2.75, 3.05) is 0 Å². The summed E-state index contributed by atoms with van der Waals surface area (Å²) in [5.74, 6) is -0.333. The van der Waals surface area contributed by atoms with Crippen molar-refractivity contribution in [3.05, 3.63) is 29.8 Å². The summed E-state index contributed by atoms with van der Waals surface area (Å²) in [6, 6.07) is 6.30. The molecule has 1 aromatic carbocycles. The van der Waals surface area contributed by atoms with Crippen LogP contribution in [0, 0.1) is 0 Å². The van der Waals surface area contributed by atoms with Gasteiger partial charge in [-0.25, -0.2) is 8.42 Å². The normalized spacial score (nSPS) is 17.1. The van der Waals surface area contributed by atoms with Crippen molar-refractivity contribution in [3.63, 3.8) is 0 Å². The van der Waals surface area contributed by atoms with E-state index < -0.39 is 8.87 Å². The molecule has 1 amide bonds. The second-order valence-corrected chi connectivity index (χ2v) is 7.61. The molecule has 2 rings (SSSR count). The number of thiol groups is 1. The van der Waals surface area contributed by atoms with Crippen LogP contribution in [0.2, 0.25) is 0 Å². The largest absolute Gasteiger partial charge is 0.349 e. The van der Waals surface area contributed by atoms with E-state index in [9.17, 15) is 13.2 Å². The third kappa shape index (κ3) is 3.73. The van der Waals surface area contributed by atoms with Gasteiger partial charge in [-0.1, -0.05) is 31.4 Å². The van der Waals surface area contributed by atoms with Crippen LogP contribution in [0.4, 0.5) is 0 Å². The Kier molecular flexibility index (Phi) is 4.52. The highest BCUT2D eigenvalue weighted by Gasteiger charge is 2.22. The van der Waals surface area contributed by atoms with Crippen LogP contribution in [-0.2, 0) is 8.87 Å². The second-order valence-electron chi connectivity index (χ2n) is 4.78. The molecule has 1 N–H and O–H groups in total. The van der Waals surface area contributed by atoms with E-state index in [4.69, 9.17) is 0 Å². The number of rotatable bonds is 3. The highest BCUT2D eigenvalue weighted by Crippen LogP contribution is 2.21. The van der Waals surface area contributed by atoms with Crippen LogP contribution in [-0.4, -0.2) is 20.4 Å². The SMILES string of the molecule is O=C(NC1CCCCC1)c1ccccc1S(=O)(=O)S. The molecule has 0 unspecified atom stereocenters. The van der Waals surface area contributed by atoms with Crippen molar-refractivity contribution in [1.82, 2.24) is 5.32 Å². The lowest BCUT2D eigenvalue weighted by atomic mass is 9.95. The average molecular weight is 299 g/mol. The van der Waals surface area contributed by atoms with E-state index in [2.05, 4.69) is 17.0 Å². The molecule has 1 aromatic rings. The fourth-order valence-corrected chi connectivity index (χ4v) is 3.56. The van der Waals surface area contributed by atoms with E-state index in [1.165, 1.54) is 18.6 Å². The van der Waals surface area contributed by atoms with Crippen LogP contribution in [0.25, 0.3) is 0 Å². The lowest BCUT2D eigenvalue weighted by Crippen LogP contribution is -2.36. The molecule has 0 spiro atoms. The van der Waals surface area contributed by atoms with E-state index in [0.717, 1.165) is 25.7 Å². The molecular formula is C13H17NO3S2. The summed E-state index contributed by atoms with van der Waals surface area (Å²) in [6.45, 7) is 0. The van der Waals surface area contributed by atoms with Crippen molar-refractivity contribution in [2.45, 2.75) is 43.0 Å². The molecule has 0 radical (unpaired) electrons. The summed E-state index contributed by atoms with van der Waals surface area (Å²) in [6.07, 6.45) is 5.34. The number of amides is 1. The van der Waals surface area contributed by atoms with Gasteiger partial charge in [0.05, 0.1) is 10.5 Å². The van der Waals surface area contributed by atoms with Gasteiger partial charge >= 0.3 is 0 Å². The van der Waals surface area contributed by atoms with Gasteiger partial charge in [0.25, 0.3) is 5.91 Å². The molecule has 6 heteroatoms. The van der Waals surface area contributed by atoms with Gasteiger partial charge in [0, 0.05) is 6.04 Å². The molecule has 0 heterocycles. The molecule has 1 saturated carbocycles. The summed E-state index contributed by atoms with van der Waals surface area (Å²) in [7, 11) is -3.69. The molecule has 0 bridgehead atoms. The van der Waals surface area contributed by atoms with Crippen LogP contribution < -0.4 is 5.32 Å². The first-order valence-corrected chi connectivity index (χ1v) is 8.89. The Morgan fingerprint density at radius 1 is 1.16 bits per heavy atom. The van der Waals surface area contributed by atoms with E-state index >= 15 is 0 Å². The first-order chi connectivity index (χ1) is 8.98. The van der Waals surface area contributed by atoms with Crippen molar-refractivity contribution in [2.24, 2.45) is 0 Å². The maximum atomic E-state index is 12.2. The molecule has 19 heavy (non-hydrogen) atoms. The number of nitrogens with one attached hydrogen (secondary N) is 1. The maximum Gasteiger partial charge on any atom is 0.252 e. The predicted octanol–water partition coefficient (Wildman–Crippen LogP) is 2.37. The van der Waals surface area contributed by atoms with Crippen LogP contribution >= 0.6 is 11.7 Å². The number of carbonyl (C=O) groups excluding carboxylic acids is 1. The first kappa shape index (κ1) is 14.4. The Morgan fingerprint density at radius 2 is 1.79 bits per heavy atom. The molecule has 0 atom stereocenters. The maximum absolute atomic E-state index is 12.2. The molecule has 0 saturated heterocycles. The Balaban J connectivity index is 2.19. The van der Waals surface area contributed by atoms with E-state index in [-0.39, 0.29) is 22.4 Å². The monoisotopic (exact) mass is 299 g/mol. The summed E-state index contributed by atoms with van der Waals surface area (Å²) in [5, 5.41) is 2.91. The van der Waals surface area contributed by atoms with Crippen molar-refractivity contribution < 1.29 is 13.2 Å².